The number of nitrogens with zero attached hydrogens (tertiary/aromatic N) is 1. The van der Waals surface area contributed by atoms with E-state index in [1.807, 2.05) is 0 Å². The van der Waals surface area contributed by atoms with Crippen molar-refractivity contribution >= 4 is 5.91 Å². The lowest BCUT2D eigenvalue weighted by atomic mass is 9.92. The van der Waals surface area contributed by atoms with Crippen molar-refractivity contribution in [1.29, 1.82) is 0 Å². The minimum atomic E-state index is -2.74. The summed E-state index contributed by atoms with van der Waals surface area (Å²) < 4.78 is 26.3. The molecule has 2 heterocycles. The molecule has 1 amide bonds. The average molecular weight is 315 g/mol. The molecule has 126 valence electrons. The van der Waals surface area contributed by atoms with Crippen LogP contribution in [0.4, 0.5) is 8.78 Å². The van der Waals surface area contributed by atoms with E-state index in [1.165, 1.54) is 32.1 Å². The van der Waals surface area contributed by atoms with Crippen LogP contribution < -0.4 is 10.6 Å². The summed E-state index contributed by atoms with van der Waals surface area (Å²) in [5.74, 6) is -3.00. The normalized spacial score (nSPS) is 31.3. The molecule has 3 fully saturated rings. The molecule has 0 bridgehead atoms. The van der Waals surface area contributed by atoms with Crippen LogP contribution in [0.25, 0.3) is 0 Å². The number of halogens is 2. The second-order valence-corrected chi connectivity index (χ2v) is 7.10. The highest BCUT2D eigenvalue weighted by molar-refractivity contribution is 5.82. The molecule has 0 radical (unpaired) electrons. The molecule has 1 aliphatic carbocycles. The van der Waals surface area contributed by atoms with Crippen LogP contribution >= 0.6 is 0 Å². The molecule has 2 aliphatic heterocycles. The fraction of sp³-hybridized carbons (Fsp3) is 0.938. The Morgan fingerprint density at radius 3 is 2.36 bits per heavy atom. The Bertz CT molecular complexity index is 391. The molecule has 22 heavy (non-hydrogen) atoms. The summed E-state index contributed by atoms with van der Waals surface area (Å²) in [6.07, 6.45) is 8.14. The first-order valence-corrected chi connectivity index (χ1v) is 8.69. The molecular formula is C16H27F2N3O. The zero-order valence-electron chi connectivity index (χ0n) is 13.1. The molecule has 3 rings (SSSR count). The van der Waals surface area contributed by atoms with Gasteiger partial charge in [-0.15, -0.1) is 0 Å². The molecule has 6 heteroatoms. The zero-order chi connectivity index (χ0) is 15.6. The number of rotatable bonds is 3. The van der Waals surface area contributed by atoms with Crippen LogP contribution in [0.5, 0.6) is 0 Å². The molecule has 0 spiro atoms. The van der Waals surface area contributed by atoms with Crippen LogP contribution in [0.3, 0.4) is 0 Å². The topological polar surface area (TPSA) is 44.4 Å². The third kappa shape index (κ3) is 3.96. The molecule has 2 N–H and O–H groups in total. The van der Waals surface area contributed by atoms with Gasteiger partial charge >= 0.3 is 0 Å². The molecule has 3 aliphatic rings. The monoisotopic (exact) mass is 315 g/mol. The van der Waals surface area contributed by atoms with Crippen molar-refractivity contribution in [3.8, 4) is 0 Å². The maximum Gasteiger partial charge on any atom is 0.262 e. The molecule has 0 aromatic rings. The van der Waals surface area contributed by atoms with Crippen LogP contribution in [0.15, 0.2) is 0 Å². The largest absolute Gasteiger partial charge is 0.352 e. The maximum atomic E-state index is 13.1. The van der Waals surface area contributed by atoms with Gasteiger partial charge in [-0.25, -0.2) is 8.78 Å². The van der Waals surface area contributed by atoms with Gasteiger partial charge < -0.3 is 10.2 Å². The predicted octanol–water partition coefficient (Wildman–Crippen LogP) is 1.90. The Morgan fingerprint density at radius 1 is 1.09 bits per heavy atom. The minimum absolute atomic E-state index is 0.142. The molecule has 4 nitrogen and oxygen atoms in total. The fourth-order valence-corrected chi connectivity index (χ4v) is 4.06. The van der Waals surface area contributed by atoms with E-state index >= 15 is 0 Å². The smallest absolute Gasteiger partial charge is 0.262 e. The second kappa shape index (κ2) is 6.79. The molecule has 0 aromatic heterocycles. The van der Waals surface area contributed by atoms with E-state index in [2.05, 4.69) is 15.5 Å². The second-order valence-electron chi connectivity index (χ2n) is 7.10. The Balaban J connectivity index is 1.41. The van der Waals surface area contributed by atoms with Gasteiger partial charge in [0, 0.05) is 31.6 Å². The van der Waals surface area contributed by atoms with Crippen molar-refractivity contribution in [3.05, 3.63) is 0 Å². The van der Waals surface area contributed by atoms with E-state index < -0.39 is 12.0 Å². The van der Waals surface area contributed by atoms with E-state index in [-0.39, 0.29) is 24.9 Å². The van der Waals surface area contributed by atoms with Crippen molar-refractivity contribution < 1.29 is 13.6 Å². The lowest BCUT2D eigenvalue weighted by molar-refractivity contribution is -0.124. The van der Waals surface area contributed by atoms with Gasteiger partial charge in [0.2, 0.25) is 5.91 Å². The van der Waals surface area contributed by atoms with Crippen molar-refractivity contribution in [2.45, 2.75) is 75.4 Å². The van der Waals surface area contributed by atoms with Crippen LogP contribution in [-0.4, -0.2) is 54.5 Å². The quantitative estimate of drug-likeness (QED) is 0.836. The minimum Gasteiger partial charge on any atom is -0.352 e. The number of hydrogen-bond donors (Lipinski definition) is 2. The van der Waals surface area contributed by atoms with E-state index in [0.717, 1.165) is 32.0 Å². The third-order valence-electron chi connectivity index (χ3n) is 5.39. The van der Waals surface area contributed by atoms with Crippen molar-refractivity contribution in [2.75, 3.05) is 19.6 Å². The summed E-state index contributed by atoms with van der Waals surface area (Å²) in [7, 11) is 0. The van der Waals surface area contributed by atoms with Gasteiger partial charge in [0.25, 0.3) is 5.92 Å². The Morgan fingerprint density at radius 2 is 1.77 bits per heavy atom. The molecule has 1 unspecified atom stereocenters. The molecular weight excluding hydrogens is 288 g/mol. The van der Waals surface area contributed by atoms with E-state index in [4.69, 9.17) is 0 Å². The first kappa shape index (κ1) is 16.1. The highest BCUT2D eigenvalue weighted by Gasteiger charge is 2.42. The Hall–Kier alpha value is -0.750. The van der Waals surface area contributed by atoms with Gasteiger partial charge in [-0.05, 0) is 25.7 Å². The Labute approximate surface area is 131 Å². The van der Waals surface area contributed by atoms with Crippen LogP contribution in [-0.2, 0) is 4.79 Å². The third-order valence-corrected chi connectivity index (χ3v) is 5.39. The molecule has 1 atom stereocenters. The van der Waals surface area contributed by atoms with Gasteiger partial charge in [-0.1, -0.05) is 19.3 Å². The summed E-state index contributed by atoms with van der Waals surface area (Å²) in [5.41, 5.74) is 0. The number of likely N-dealkylation sites (tertiary alicyclic amines) is 1. The fourth-order valence-electron chi connectivity index (χ4n) is 4.06. The number of carbonyl (C=O) groups excluding carboxylic acids is 1. The molecule has 2 saturated heterocycles. The number of nitrogens with one attached hydrogen (secondary N) is 2. The van der Waals surface area contributed by atoms with Crippen LogP contribution in [0.1, 0.15) is 51.4 Å². The summed E-state index contributed by atoms with van der Waals surface area (Å²) in [4.78, 5) is 14.6. The highest BCUT2D eigenvalue weighted by Crippen LogP contribution is 2.27. The highest BCUT2D eigenvalue weighted by atomic mass is 19.3. The number of alkyl halides is 2. The van der Waals surface area contributed by atoms with Crippen LogP contribution in [0.2, 0.25) is 0 Å². The van der Waals surface area contributed by atoms with Crippen molar-refractivity contribution in [1.82, 2.24) is 15.5 Å². The number of hydrogen-bond acceptors (Lipinski definition) is 3. The summed E-state index contributed by atoms with van der Waals surface area (Å²) in [6.45, 7) is 1.65. The van der Waals surface area contributed by atoms with Crippen molar-refractivity contribution in [3.63, 3.8) is 0 Å². The van der Waals surface area contributed by atoms with Gasteiger partial charge in [0.05, 0.1) is 12.6 Å². The predicted molar refractivity (Wildman–Crippen MR) is 81.0 cm³/mol. The zero-order valence-corrected chi connectivity index (χ0v) is 13.1. The molecule has 1 saturated carbocycles. The number of amides is 1. The standard InChI is InChI=1S/C16H27F2N3O/c17-16(18)10-14(19-11-16)15(22)20-12-6-8-21(9-7-12)13-4-2-1-3-5-13/h12-14,19H,1-11H2,(H,20,22). The van der Waals surface area contributed by atoms with Gasteiger partial charge in [-0.3, -0.25) is 10.1 Å². The van der Waals surface area contributed by atoms with Crippen molar-refractivity contribution in [2.24, 2.45) is 0 Å². The lowest BCUT2D eigenvalue weighted by Crippen LogP contribution is -2.51. The number of piperidine rings is 1. The van der Waals surface area contributed by atoms with Gasteiger partial charge in [0.1, 0.15) is 0 Å². The number of carbonyl (C=O) groups is 1. The SMILES string of the molecule is O=C(NC1CCN(C2CCCCC2)CC1)C1CC(F)(F)CN1. The summed E-state index contributed by atoms with van der Waals surface area (Å²) >= 11 is 0. The van der Waals surface area contributed by atoms with E-state index in [0.29, 0.717) is 0 Å². The average Bonchev–Trinajstić information content (AvgIpc) is 2.89. The van der Waals surface area contributed by atoms with Gasteiger partial charge in [0.15, 0.2) is 0 Å². The van der Waals surface area contributed by atoms with Crippen LogP contribution in [0, 0.1) is 0 Å². The first-order chi connectivity index (χ1) is 10.5. The van der Waals surface area contributed by atoms with E-state index in [1.54, 1.807) is 0 Å². The van der Waals surface area contributed by atoms with E-state index in [9.17, 15) is 13.6 Å². The first-order valence-electron chi connectivity index (χ1n) is 8.69. The maximum absolute atomic E-state index is 13.1. The molecule has 0 aromatic carbocycles. The summed E-state index contributed by atoms with van der Waals surface area (Å²) in [6, 6.07) is 0.135. The summed E-state index contributed by atoms with van der Waals surface area (Å²) in [5, 5.41) is 5.58. The lowest BCUT2D eigenvalue weighted by Gasteiger charge is -2.39. The van der Waals surface area contributed by atoms with Gasteiger partial charge in [-0.2, -0.15) is 0 Å². The Kier molecular flexibility index (Phi) is 4.97.